The zero-order chi connectivity index (χ0) is 12.0. The van der Waals surface area contributed by atoms with Crippen LogP contribution in [0.25, 0.3) is 5.52 Å². The van der Waals surface area contributed by atoms with E-state index in [0.29, 0.717) is 5.92 Å². The first-order chi connectivity index (χ1) is 7.43. The molecule has 0 saturated carbocycles. The van der Waals surface area contributed by atoms with E-state index in [1.165, 1.54) is 16.6 Å². The van der Waals surface area contributed by atoms with Gasteiger partial charge in [-0.25, -0.2) is 9.50 Å². The van der Waals surface area contributed by atoms with Crippen molar-refractivity contribution >= 4 is 5.52 Å². The molecule has 0 aliphatic rings. The first kappa shape index (κ1) is 11.1. The normalized spacial score (nSPS) is 11.7. The van der Waals surface area contributed by atoms with E-state index in [0.717, 1.165) is 17.2 Å². The minimum Gasteiger partial charge on any atom is -0.236 e. The van der Waals surface area contributed by atoms with Crippen LogP contribution in [0.15, 0.2) is 0 Å². The molecule has 0 radical (unpaired) electrons. The molecule has 0 fully saturated rings. The van der Waals surface area contributed by atoms with Crippen molar-refractivity contribution in [2.75, 3.05) is 0 Å². The van der Waals surface area contributed by atoms with Crippen LogP contribution in [0.3, 0.4) is 0 Å². The third kappa shape index (κ3) is 1.42. The molecule has 16 heavy (non-hydrogen) atoms. The quantitative estimate of drug-likeness (QED) is 0.734. The molecule has 86 valence electrons. The van der Waals surface area contributed by atoms with E-state index in [1.807, 2.05) is 11.4 Å². The summed E-state index contributed by atoms with van der Waals surface area (Å²) in [6, 6.07) is 0. The van der Waals surface area contributed by atoms with Crippen LogP contribution in [0, 0.1) is 27.7 Å². The maximum atomic E-state index is 4.63. The van der Waals surface area contributed by atoms with E-state index >= 15 is 0 Å². The molecule has 0 aromatic carbocycles. The van der Waals surface area contributed by atoms with Gasteiger partial charge in [0.2, 0.25) is 0 Å². The Hall–Kier alpha value is -1.38. The summed E-state index contributed by atoms with van der Waals surface area (Å²) < 4.78 is 1.96. The van der Waals surface area contributed by atoms with Crippen molar-refractivity contribution in [3.8, 4) is 0 Å². The Labute approximate surface area is 96.5 Å². The number of aromatic nitrogens is 3. The second-order valence-electron chi connectivity index (χ2n) is 4.78. The summed E-state index contributed by atoms with van der Waals surface area (Å²) in [7, 11) is 0. The fraction of sp³-hybridized carbons (Fsp3) is 0.538. The summed E-state index contributed by atoms with van der Waals surface area (Å²) in [5, 5.41) is 4.63. The summed E-state index contributed by atoms with van der Waals surface area (Å²) in [6.07, 6.45) is 0. The van der Waals surface area contributed by atoms with Crippen molar-refractivity contribution in [1.82, 2.24) is 14.6 Å². The summed E-state index contributed by atoms with van der Waals surface area (Å²) in [5.74, 6) is 1.47. The lowest BCUT2D eigenvalue weighted by molar-refractivity contribution is 0.780. The monoisotopic (exact) mass is 217 g/mol. The smallest absolute Gasteiger partial charge is 0.127 e. The first-order valence-corrected chi connectivity index (χ1v) is 5.76. The lowest BCUT2D eigenvalue weighted by Crippen LogP contribution is -2.06. The van der Waals surface area contributed by atoms with Gasteiger partial charge in [-0.3, -0.25) is 0 Å². The lowest BCUT2D eigenvalue weighted by atomic mass is 9.96. The number of aryl methyl sites for hydroxylation is 4. The van der Waals surface area contributed by atoms with Crippen LogP contribution in [-0.2, 0) is 0 Å². The Morgan fingerprint density at radius 2 is 1.62 bits per heavy atom. The SMILES string of the molecule is Cc1nn2c(C)nc(C)c2c(C)c1C(C)C. The van der Waals surface area contributed by atoms with Crippen LogP contribution in [0.1, 0.15) is 48.1 Å². The number of nitrogens with zero attached hydrogens (tertiary/aromatic N) is 3. The van der Waals surface area contributed by atoms with Crippen molar-refractivity contribution in [3.05, 3.63) is 28.3 Å². The molecule has 0 aliphatic heterocycles. The third-order valence-electron chi connectivity index (χ3n) is 3.17. The predicted molar refractivity (Wildman–Crippen MR) is 66.0 cm³/mol. The van der Waals surface area contributed by atoms with Crippen molar-refractivity contribution in [1.29, 1.82) is 0 Å². The van der Waals surface area contributed by atoms with Gasteiger partial charge in [0.15, 0.2) is 0 Å². The van der Waals surface area contributed by atoms with Crippen LogP contribution in [0.4, 0.5) is 0 Å². The number of fused-ring (bicyclic) bond motifs is 1. The Kier molecular flexibility index (Phi) is 2.49. The molecule has 2 heterocycles. The topological polar surface area (TPSA) is 30.2 Å². The molecule has 0 saturated heterocycles. The molecule has 0 N–H and O–H groups in total. The van der Waals surface area contributed by atoms with Crippen LogP contribution in [0.5, 0.6) is 0 Å². The minimum absolute atomic E-state index is 0.507. The summed E-state index contributed by atoms with van der Waals surface area (Å²) in [6.45, 7) is 12.7. The second kappa shape index (κ2) is 3.58. The lowest BCUT2D eigenvalue weighted by Gasteiger charge is -2.14. The maximum absolute atomic E-state index is 4.63. The Balaban J connectivity index is 2.92. The Bertz CT molecular complexity index is 550. The number of hydrogen-bond acceptors (Lipinski definition) is 2. The minimum atomic E-state index is 0.507. The summed E-state index contributed by atoms with van der Waals surface area (Å²) in [5.41, 5.74) is 6.04. The van der Waals surface area contributed by atoms with Crippen LogP contribution >= 0.6 is 0 Å². The molecule has 2 aromatic rings. The van der Waals surface area contributed by atoms with Crippen LogP contribution in [-0.4, -0.2) is 14.6 Å². The molecule has 0 bridgehead atoms. The molecule has 0 unspecified atom stereocenters. The number of hydrogen-bond donors (Lipinski definition) is 0. The van der Waals surface area contributed by atoms with Gasteiger partial charge in [0, 0.05) is 0 Å². The summed E-state index contributed by atoms with van der Waals surface area (Å²) in [4.78, 5) is 4.49. The van der Waals surface area contributed by atoms with Crippen molar-refractivity contribution in [2.24, 2.45) is 0 Å². The zero-order valence-corrected chi connectivity index (χ0v) is 10.9. The van der Waals surface area contributed by atoms with E-state index in [9.17, 15) is 0 Å². The van der Waals surface area contributed by atoms with Gasteiger partial charge in [0.25, 0.3) is 0 Å². The largest absolute Gasteiger partial charge is 0.236 e. The maximum Gasteiger partial charge on any atom is 0.127 e. The first-order valence-electron chi connectivity index (χ1n) is 5.76. The fourth-order valence-corrected chi connectivity index (χ4v) is 2.66. The van der Waals surface area contributed by atoms with E-state index in [-0.39, 0.29) is 0 Å². The van der Waals surface area contributed by atoms with Gasteiger partial charge in [-0.15, -0.1) is 0 Å². The average Bonchev–Trinajstić information content (AvgIpc) is 2.41. The molecule has 2 aromatic heterocycles. The highest BCUT2D eigenvalue weighted by Gasteiger charge is 2.16. The fourth-order valence-electron chi connectivity index (χ4n) is 2.66. The molecule has 0 spiro atoms. The Morgan fingerprint density at radius 3 is 2.19 bits per heavy atom. The molecular formula is C13H19N3. The van der Waals surface area contributed by atoms with Crippen molar-refractivity contribution < 1.29 is 0 Å². The van der Waals surface area contributed by atoms with Gasteiger partial charge in [-0.1, -0.05) is 13.8 Å². The highest BCUT2D eigenvalue weighted by atomic mass is 15.3. The zero-order valence-electron chi connectivity index (χ0n) is 10.9. The predicted octanol–water partition coefficient (Wildman–Crippen LogP) is 3.09. The molecular weight excluding hydrogens is 198 g/mol. The van der Waals surface area contributed by atoms with Crippen molar-refractivity contribution in [2.45, 2.75) is 47.5 Å². The van der Waals surface area contributed by atoms with Gasteiger partial charge in [-0.2, -0.15) is 5.10 Å². The van der Waals surface area contributed by atoms with Gasteiger partial charge >= 0.3 is 0 Å². The van der Waals surface area contributed by atoms with Crippen LogP contribution < -0.4 is 0 Å². The van der Waals surface area contributed by atoms with E-state index in [1.54, 1.807) is 0 Å². The van der Waals surface area contributed by atoms with E-state index < -0.39 is 0 Å². The van der Waals surface area contributed by atoms with Gasteiger partial charge in [0.1, 0.15) is 5.82 Å². The average molecular weight is 217 g/mol. The molecule has 0 amide bonds. The van der Waals surface area contributed by atoms with Gasteiger partial charge in [-0.05, 0) is 44.7 Å². The van der Waals surface area contributed by atoms with E-state index in [2.05, 4.69) is 44.7 Å². The van der Waals surface area contributed by atoms with Crippen LogP contribution in [0.2, 0.25) is 0 Å². The Morgan fingerprint density at radius 1 is 1.00 bits per heavy atom. The number of imidazole rings is 1. The molecule has 0 atom stereocenters. The van der Waals surface area contributed by atoms with E-state index in [4.69, 9.17) is 0 Å². The molecule has 3 heteroatoms. The molecule has 2 rings (SSSR count). The van der Waals surface area contributed by atoms with Crippen molar-refractivity contribution in [3.63, 3.8) is 0 Å². The highest BCUT2D eigenvalue weighted by Crippen LogP contribution is 2.26. The highest BCUT2D eigenvalue weighted by molar-refractivity contribution is 5.61. The van der Waals surface area contributed by atoms with Gasteiger partial charge in [0.05, 0.1) is 16.9 Å². The standard InChI is InChI=1S/C13H19N3/c1-7(2)12-8(3)13-10(5)14-11(6)16(13)15-9(12)4/h7H,1-6H3. The molecule has 3 nitrogen and oxygen atoms in total. The third-order valence-corrected chi connectivity index (χ3v) is 3.17. The summed E-state index contributed by atoms with van der Waals surface area (Å²) >= 11 is 0. The van der Waals surface area contributed by atoms with Gasteiger partial charge < -0.3 is 0 Å². The number of rotatable bonds is 1. The molecule has 0 aliphatic carbocycles. The second-order valence-corrected chi connectivity index (χ2v) is 4.78.